The van der Waals surface area contributed by atoms with Crippen LogP contribution in [-0.2, 0) is 6.54 Å². The summed E-state index contributed by atoms with van der Waals surface area (Å²) in [5, 5.41) is 0. The Morgan fingerprint density at radius 3 is 2.78 bits per heavy atom. The van der Waals surface area contributed by atoms with Gasteiger partial charge in [0.25, 0.3) is 0 Å². The Morgan fingerprint density at radius 1 is 1.28 bits per heavy atom. The summed E-state index contributed by atoms with van der Waals surface area (Å²) in [6.07, 6.45) is 1.60. The molecule has 2 N–H and O–H groups in total. The quantitative estimate of drug-likeness (QED) is 0.882. The predicted molar refractivity (Wildman–Crippen MR) is 74.0 cm³/mol. The van der Waals surface area contributed by atoms with E-state index in [9.17, 15) is 4.39 Å². The molecule has 0 saturated carbocycles. The molecule has 0 atom stereocenters. The van der Waals surface area contributed by atoms with Crippen LogP contribution in [-0.4, -0.2) is 4.98 Å². The molecule has 0 amide bonds. The number of ether oxygens (including phenoxy) is 1. The van der Waals surface area contributed by atoms with E-state index in [-0.39, 0.29) is 12.4 Å². The maximum absolute atomic E-state index is 13.1. The van der Waals surface area contributed by atoms with E-state index in [1.54, 1.807) is 12.3 Å². The normalized spacial score (nSPS) is 10.4. The summed E-state index contributed by atoms with van der Waals surface area (Å²) in [5.41, 5.74) is 6.35. The first-order valence-electron chi connectivity index (χ1n) is 5.07. The first-order chi connectivity index (χ1) is 8.60. The third kappa shape index (κ3) is 3.07. The molecule has 0 unspecified atom stereocenters. The molecule has 0 radical (unpaired) electrons. The number of pyridine rings is 1. The maximum Gasteiger partial charge on any atom is 0.223 e. The van der Waals surface area contributed by atoms with Gasteiger partial charge in [-0.15, -0.1) is 0 Å². The van der Waals surface area contributed by atoms with Crippen molar-refractivity contribution in [1.82, 2.24) is 4.98 Å². The van der Waals surface area contributed by atoms with Crippen LogP contribution < -0.4 is 10.5 Å². The average Bonchev–Trinajstić information content (AvgIpc) is 2.36. The van der Waals surface area contributed by atoms with E-state index in [0.29, 0.717) is 16.1 Å². The second-order valence-corrected chi connectivity index (χ2v) is 5.27. The van der Waals surface area contributed by atoms with Crippen molar-refractivity contribution in [2.45, 2.75) is 6.54 Å². The smallest absolute Gasteiger partial charge is 0.223 e. The number of benzene rings is 1. The molecule has 1 aromatic heterocycles. The van der Waals surface area contributed by atoms with Crippen LogP contribution in [0.5, 0.6) is 11.6 Å². The molecule has 0 spiro atoms. The van der Waals surface area contributed by atoms with Gasteiger partial charge in [-0.3, -0.25) is 0 Å². The van der Waals surface area contributed by atoms with Gasteiger partial charge in [-0.05, 0) is 50.1 Å². The van der Waals surface area contributed by atoms with Crippen LogP contribution in [0.25, 0.3) is 0 Å². The number of nitrogens with zero attached hydrogens (tertiary/aromatic N) is 1. The van der Waals surface area contributed by atoms with Crippen molar-refractivity contribution in [2.24, 2.45) is 5.73 Å². The molecule has 0 saturated heterocycles. The molecule has 3 nitrogen and oxygen atoms in total. The van der Waals surface area contributed by atoms with Crippen molar-refractivity contribution < 1.29 is 9.13 Å². The molecule has 1 aromatic carbocycles. The first-order valence-corrected chi connectivity index (χ1v) is 6.66. The lowest BCUT2D eigenvalue weighted by Crippen LogP contribution is -2.01. The van der Waals surface area contributed by atoms with Gasteiger partial charge in [-0.25, -0.2) is 9.37 Å². The molecule has 0 aliphatic rings. The monoisotopic (exact) mass is 374 g/mol. The molecule has 0 bridgehead atoms. The Labute approximate surface area is 120 Å². The SMILES string of the molecule is NCc1cc(Br)cnc1Oc1cc(F)ccc1Br. The fraction of sp³-hybridized carbons (Fsp3) is 0.0833. The molecule has 18 heavy (non-hydrogen) atoms. The second-order valence-electron chi connectivity index (χ2n) is 3.50. The summed E-state index contributed by atoms with van der Waals surface area (Å²) in [6.45, 7) is 0.286. The van der Waals surface area contributed by atoms with E-state index in [1.165, 1.54) is 12.1 Å². The maximum atomic E-state index is 13.1. The average molecular weight is 376 g/mol. The van der Waals surface area contributed by atoms with Crippen molar-refractivity contribution in [3.8, 4) is 11.6 Å². The third-order valence-corrected chi connectivity index (χ3v) is 3.30. The Bertz CT molecular complexity index is 578. The number of aromatic nitrogens is 1. The Balaban J connectivity index is 2.36. The minimum Gasteiger partial charge on any atom is -0.437 e. The minimum atomic E-state index is -0.375. The molecule has 2 rings (SSSR count). The van der Waals surface area contributed by atoms with E-state index in [2.05, 4.69) is 36.8 Å². The van der Waals surface area contributed by atoms with Crippen LogP contribution in [0.4, 0.5) is 4.39 Å². The second kappa shape index (κ2) is 5.77. The summed E-state index contributed by atoms with van der Waals surface area (Å²) >= 11 is 6.59. The highest BCUT2D eigenvalue weighted by Gasteiger charge is 2.09. The molecule has 0 aliphatic carbocycles. The van der Waals surface area contributed by atoms with Crippen molar-refractivity contribution in [2.75, 3.05) is 0 Å². The van der Waals surface area contributed by atoms with Crippen LogP contribution in [0.15, 0.2) is 39.4 Å². The van der Waals surface area contributed by atoms with Crippen LogP contribution >= 0.6 is 31.9 Å². The zero-order valence-electron chi connectivity index (χ0n) is 9.16. The lowest BCUT2D eigenvalue weighted by atomic mass is 10.2. The zero-order valence-corrected chi connectivity index (χ0v) is 12.3. The molecule has 0 fully saturated rings. The summed E-state index contributed by atoms with van der Waals surface area (Å²) in [5.74, 6) is 0.353. The fourth-order valence-corrected chi connectivity index (χ4v) is 2.07. The highest BCUT2D eigenvalue weighted by molar-refractivity contribution is 9.10. The molecular formula is C12H9Br2FN2O. The number of halogens is 3. The molecule has 0 aliphatic heterocycles. The van der Waals surface area contributed by atoms with E-state index < -0.39 is 0 Å². The van der Waals surface area contributed by atoms with Gasteiger partial charge in [0.1, 0.15) is 11.6 Å². The van der Waals surface area contributed by atoms with E-state index in [0.717, 1.165) is 10.0 Å². The van der Waals surface area contributed by atoms with Crippen LogP contribution in [0.2, 0.25) is 0 Å². The molecule has 6 heteroatoms. The number of rotatable bonds is 3. The Hall–Kier alpha value is -0.980. The number of hydrogen-bond donors (Lipinski definition) is 1. The summed E-state index contributed by atoms with van der Waals surface area (Å²) in [4.78, 5) is 4.12. The van der Waals surface area contributed by atoms with Crippen LogP contribution in [0.1, 0.15) is 5.56 Å². The lowest BCUT2D eigenvalue weighted by Gasteiger charge is -2.10. The molecule has 2 aromatic rings. The van der Waals surface area contributed by atoms with Crippen molar-refractivity contribution >= 4 is 31.9 Å². The topological polar surface area (TPSA) is 48.1 Å². The van der Waals surface area contributed by atoms with Gasteiger partial charge in [-0.2, -0.15) is 0 Å². The summed E-state index contributed by atoms with van der Waals surface area (Å²) < 4.78 is 20.2. The van der Waals surface area contributed by atoms with Crippen molar-refractivity contribution in [3.63, 3.8) is 0 Å². The Kier molecular flexibility index (Phi) is 4.31. The van der Waals surface area contributed by atoms with Gasteiger partial charge in [0.05, 0.1) is 4.47 Å². The van der Waals surface area contributed by atoms with Gasteiger partial charge < -0.3 is 10.5 Å². The van der Waals surface area contributed by atoms with Gasteiger partial charge in [0.2, 0.25) is 5.88 Å². The first kappa shape index (κ1) is 13.5. The van der Waals surface area contributed by atoms with Gasteiger partial charge in [0, 0.05) is 28.8 Å². The van der Waals surface area contributed by atoms with E-state index in [1.807, 2.05) is 6.07 Å². The molecular weight excluding hydrogens is 367 g/mol. The zero-order chi connectivity index (χ0) is 13.1. The number of nitrogens with two attached hydrogens (primary N) is 1. The Morgan fingerprint density at radius 2 is 2.06 bits per heavy atom. The molecule has 94 valence electrons. The lowest BCUT2D eigenvalue weighted by molar-refractivity contribution is 0.449. The van der Waals surface area contributed by atoms with Gasteiger partial charge >= 0.3 is 0 Å². The van der Waals surface area contributed by atoms with Crippen LogP contribution in [0.3, 0.4) is 0 Å². The third-order valence-electron chi connectivity index (χ3n) is 2.21. The van der Waals surface area contributed by atoms with E-state index >= 15 is 0 Å². The van der Waals surface area contributed by atoms with Gasteiger partial charge in [0.15, 0.2) is 0 Å². The highest BCUT2D eigenvalue weighted by Crippen LogP contribution is 2.31. The van der Waals surface area contributed by atoms with Gasteiger partial charge in [-0.1, -0.05) is 0 Å². The fourth-order valence-electron chi connectivity index (χ4n) is 1.37. The van der Waals surface area contributed by atoms with Crippen molar-refractivity contribution in [1.29, 1.82) is 0 Å². The summed E-state index contributed by atoms with van der Waals surface area (Å²) in [7, 11) is 0. The summed E-state index contributed by atoms with van der Waals surface area (Å²) in [6, 6.07) is 6.02. The minimum absolute atomic E-state index is 0.286. The predicted octanol–water partition coefficient (Wildman–Crippen LogP) is 4.00. The van der Waals surface area contributed by atoms with E-state index in [4.69, 9.17) is 10.5 Å². The van der Waals surface area contributed by atoms with Crippen LogP contribution in [0, 0.1) is 5.82 Å². The highest BCUT2D eigenvalue weighted by atomic mass is 79.9. The standard InChI is InChI=1S/C12H9Br2FN2O/c13-8-3-7(5-16)12(17-6-8)18-11-4-9(15)1-2-10(11)14/h1-4,6H,5,16H2. The largest absolute Gasteiger partial charge is 0.437 e. The molecule has 1 heterocycles. The van der Waals surface area contributed by atoms with Crippen molar-refractivity contribution in [3.05, 3.63) is 50.8 Å². The number of hydrogen-bond acceptors (Lipinski definition) is 3.